The number of benzene rings is 2. The van der Waals surface area contributed by atoms with E-state index in [1.165, 1.54) is 16.3 Å². The zero-order valence-corrected chi connectivity index (χ0v) is 9.91. The van der Waals surface area contributed by atoms with E-state index in [1.54, 1.807) is 12.1 Å². The molecule has 0 N–H and O–H groups in total. The van der Waals surface area contributed by atoms with E-state index in [2.05, 4.69) is 36.4 Å². The Kier molecular flexibility index (Phi) is 2.69. The van der Waals surface area contributed by atoms with Crippen molar-refractivity contribution in [1.29, 1.82) is 0 Å². The molecule has 0 radical (unpaired) electrons. The third kappa shape index (κ3) is 2.05. The Morgan fingerprint density at radius 3 is 2.39 bits per heavy atom. The van der Waals surface area contributed by atoms with E-state index in [9.17, 15) is 4.79 Å². The normalized spacial score (nSPS) is 10.7. The molecule has 1 aromatic heterocycles. The Labute approximate surface area is 105 Å². The van der Waals surface area contributed by atoms with Gasteiger partial charge in [0.05, 0.1) is 0 Å². The minimum Gasteiger partial charge on any atom is -0.350 e. The van der Waals surface area contributed by atoms with Gasteiger partial charge in [-0.1, -0.05) is 42.5 Å². The van der Waals surface area contributed by atoms with E-state index >= 15 is 0 Å². The second-order valence-corrected chi connectivity index (χ2v) is 4.34. The third-order valence-corrected chi connectivity index (χ3v) is 3.09. The van der Waals surface area contributed by atoms with Crippen LogP contribution < -0.4 is 5.43 Å². The van der Waals surface area contributed by atoms with Crippen LogP contribution in [0.5, 0.6) is 0 Å². The summed E-state index contributed by atoms with van der Waals surface area (Å²) in [6.07, 6.45) is 3.65. The quantitative estimate of drug-likeness (QED) is 0.669. The summed E-state index contributed by atoms with van der Waals surface area (Å²) in [5.41, 5.74) is 1.31. The summed E-state index contributed by atoms with van der Waals surface area (Å²) >= 11 is 0. The molecule has 1 heterocycles. The molecule has 0 aliphatic carbocycles. The lowest BCUT2D eigenvalue weighted by Gasteiger charge is -2.09. The number of rotatable bonds is 2. The molecule has 0 atom stereocenters. The fraction of sp³-hybridized carbons (Fsp3) is 0.0625. The molecule has 2 nitrogen and oxygen atoms in total. The van der Waals surface area contributed by atoms with Gasteiger partial charge in [0, 0.05) is 31.1 Å². The first kappa shape index (κ1) is 10.8. The van der Waals surface area contributed by atoms with Crippen molar-refractivity contribution >= 4 is 10.8 Å². The molecule has 3 aromatic rings. The maximum absolute atomic E-state index is 11.1. The summed E-state index contributed by atoms with van der Waals surface area (Å²) in [6, 6.07) is 17.8. The first-order valence-corrected chi connectivity index (χ1v) is 5.96. The van der Waals surface area contributed by atoms with Crippen molar-refractivity contribution < 1.29 is 0 Å². The Hall–Kier alpha value is -2.35. The van der Waals surface area contributed by atoms with Gasteiger partial charge in [-0.25, -0.2) is 0 Å². The molecule has 0 amide bonds. The van der Waals surface area contributed by atoms with E-state index in [4.69, 9.17) is 0 Å². The minimum absolute atomic E-state index is 0.0455. The highest BCUT2D eigenvalue weighted by atomic mass is 16.1. The Balaban J connectivity index is 2.04. The minimum atomic E-state index is 0.0455. The lowest BCUT2D eigenvalue weighted by Crippen LogP contribution is -2.04. The van der Waals surface area contributed by atoms with Crippen LogP contribution in [0.3, 0.4) is 0 Å². The van der Waals surface area contributed by atoms with E-state index in [1.807, 2.05) is 23.0 Å². The molecule has 18 heavy (non-hydrogen) atoms. The molecule has 0 aliphatic heterocycles. The third-order valence-electron chi connectivity index (χ3n) is 3.09. The first-order valence-electron chi connectivity index (χ1n) is 5.96. The van der Waals surface area contributed by atoms with Crippen molar-refractivity contribution in [3.8, 4) is 0 Å². The molecule has 0 unspecified atom stereocenters. The number of fused-ring (bicyclic) bond motifs is 1. The summed E-state index contributed by atoms with van der Waals surface area (Å²) in [5.74, 6) is 0. The predicted molar refractivity (Wildman–Crippen MR) is 73.8 cm³/mol. The Bertz CT molecular complexity index is 717. The van der Waals surface area contributed by atoms with Crippen LogP contribution >= 0.6 is 0 Å². The van der Waals surface area contributed by atoms with Gasteiger partial charge in [0.2, 0.25) is 0 Å². The van der Waals surface area contributed by atoms with Gasteiger partial charge in [0.15, 0.2) is 5.43 Å². The van der Waals surface area contributed by atoms with Gasteiger partial charge in [-0.3, -0.25) is 4.79 Å². The first-order chi connectivity index (χ1) is 8.83. The number of nitrogens with zero attached hydrogens (tertiary/aromatic N) is 1. The molecule has 0 fully saturated rings. The molecule has 2 aromatic carbocycles. The van der Waals surface area contributed by atoms with Crippen LogP contribution in [0.1, 0.15) is 5.56 Å². The maximum atomic E-state index is 11.1. The maximum Gasteiger partial charge on any atom is 0.181 e. The Morgan fingerprint density at radius 1 is 0.833 bits per heavy atom. The topological polar surface area (TPSA) is 22.0 Å². The zero-order valence-electron chi connectivity index (χ0n) is 9.91. The molecular weight excluding hydrogens is 222 g/mol. The highest BCUT2D eigenvalue weighted by molar-refractivity contribution is 5.85. The number of hydrogen-bond donors (Lipinski definition) is 0. The average Bonchev–Trinajstić information content (AvgIpc) is 2.42. The monoisotopic (exact) mass is 235 g/mol. The van der Waals surface area contributed by atoms with Gasteiger partial charge in [-0.15, -0.1) is 0 Å². The Morgan fingerprint density at radius 2 is 1.56 bits per heavy atom. The van der Waals surface area contributed by atoms with Gasteiger partial charge < -0.3 is 4.57 Å². The molecule has 2 heteroatoms. The molecule has 0 aliphatic rings. The summed E-state index contributed by atoms with van der Waals surface area (Å²) in [6.45, 7) is 0.779. The van der Waals surface area contributed by atoms with Gasteiger partial charge in [0.25, 0.3) is 0 Å². The van der Waals surface area contributed by atoms with Crippen LogP contribution in [0, 0.1) is 0 Å². The van der Waals surface area contributed by atoms with Gasteiger partial charge in [0.1, 0.15) is 0 Å². The van der Waals surface area contributed by atoms with E-state index in [0.29, 0.717) is 0 Å². The number of hydrogen-bond acceptors (Lipinski definition) is 1. The largest absolute Gasteiger partial charge is 0.350 e. The predicted octanol–water partition coefficient (Wildman–Crippen LogP) is 3.05. The second-order valence-electron chi connectivity index (χ2n) is 4.34. The van der Waals surface area contributed by atoms with Gasteiger partial charge in [-0.05, 0) is 16.3 Å². The summed E-state index contributed by atoms with van der Waals surface area (Å²) in [7, 11) is 0. The lowest BCUT2D eigenvalue weighted by molar-refractivity contribution is 0.794. The smallest absolute Gasteiger partial charge is 0.181 e. The van der Waals surface area contributed by atoms with Gasteiger partial charge in [-0.2, -0.15) is 0 Å². The molecule has 3 rings (SSSR count). The summed E-state index contributed by atoms with van der Waals surface area (Å²) in [4.78, 5) is 11.1. The van der Waals surface area contributed by atoms with Crippen LogP contribution in [-0.4, -0.2) is 4.57 Å². The average molecular weight is 235 g/mol. The van der Waals surface area contributed by atoms with Crippen molar-refractivity contribution in [1.82, 2.24) is 4.57 Å². The SMILES string of the molecule is O=c1ccn(Cc2cccc3ccccc23)cc1. The van der Waals surface area contributed by atoms with Crippen LogP contribution in [0.15, 0.2) is 71.8 Å². The summed E-state index contributed by atoms with van der Waals surface area (Å²) < 4.78 is 2.02. The van der Waals surface area contributed by atoms with Crippen LogP contribution in [0.2, 0.25) is 0 Å². The summed E-state index contributed by atoms with van der Waals surface area (Å²) in [5, 5.41) is 2.51. The fourth-order valence-corrected chi connectivity index (χ4v) is 2.18. The van der Waals surface area contributed by atoms with Crippen LogP contribution in [0.4, 0.5) is 0 Å². The number of pyridine rings is 1. The fourth-order valence-electron chi connectivity index (χ4n) is 2.18. The molecule has 0 saturated heterocycles. The second kappa shape index (κ2) is 4.49. The zero-order chi connectivity index (χ0) is 12.4. The van der Waals surface area contributed by atoms with Crippen LogP contribution in [-0.2, 0) is 6.54 Å². The van der Waals surface area contributed by atoms with Crippen molar-refractivity contribution in [2.24, 2.45) is 0 Å². The lowest BCUT2D eigenvalue weighted by atomic mass is 10.0. The molecular formula is C16H13NO. The highest BCUT2D eigenvalue weighted by Gasteiger charge is 2.00. The van der Waals surface area contributed by atoms with Crippen molar-refractivity contribution in [3.63, 3.8) is 0 Å². The van der Waals surface area contributed by atoms with E-state index in [0.717, 1.165) is 6.54 Å². The standard InChI is InChI=1S/C16H13NO/c18-15-8-10-17(11-9-15)12-14-6-3-5-13-4-1-2-7-16(13)14/h1-11H,12H2. The van der Waals surface area contributed by atoms with Crippen molar-refractivity contribution in [2.75, 3.05) is 0 Å². The van der Waals surface area contributed by atoms with E-state index < -0.39 is 0 Å². The highest BCUT2D eigenvalue weighted by Crippen LogP contribution is 2.19. The molecule has 0 spiro atoms. The van der Waals surface area contributed by atoms with Crippen molar-refractivity contribution in [3.05, 3.63) is 82.8 Å². The number of aromatic nitrogens is 1. The van der Waals surface area contributed by atoms with Crippen molar-refractivity contribution in [2.45, 2.75) is 6.54 Å². The van der Waals surface area contributed by atoms with E-state index in [-0.39, 0.29) is 5.43 Å². The molecule has 0 saturated carbocycles. The van der Waals surface area contributed by atoms with Crippen LogP contribution in [0.25, 0.3) is 10.8 Å². The van der Waals surface area contributed by atoms with Gasteiger partial charge >= 0.3 is 0 Å². The molecule has 88 valence electrons. The molecule has 0 bridgehead atoms.